The first-order chi connectivity index (χ1) is 11.2. The quantitative estimate of drug-likeness (QED) is 0.654. The lowest BCUT2D eigenvalue weighted by Gasteiger charge is -2.50. The molecule has 5 rings (SSSR count). The van der Waals surface area contributed by atoms with Crippen LogP contribution in [0.1, 0.15) is 24.5 Å². The average molecular weight is 373 g/mol. The average Bonchev–Trinajstić information content (AvgIpc) is 2.60. The Morgan fingerprint density at radius 3 is 2.96 bits per heavy atom. The maximum Gasteiger partial charge on any atom is 0.107 e. The number of nitrogens with zero attached hydrogens (tertiary/aromatic N) is 2. The highest BCUT2D eigenvalue weighted by Gasteiger charge is 2.42. The predicted octanol–water partition coefficient (Wildman–Crippen LogP) is 3.93. The summed E-state index contributed by atoms with van der Waals surface area (Å²) >= 11 is 3.49. The third kappa shape index (κ3) is 2.63. The fraction of sp³-hybridized carbons (Fsp3) is 0.421. The Kier molecular flexibility index (Phi) is 4.00. The Hall–Kier alpha value is -1.23. The van der Waals surface area contributed by atoms with Crippen LogP contribution >= 0.6 is 15.9 Å². The van der Waals surface area contributed by atoms with E-state index in [4.69, 9.17) is 0 Å². The number of hydrogen-bond acceptors (Lipinski definition) is 3. The molecule has 5 atom stereocenters. The van der Waals surface area contributed by atoms with Crippen LogP contribution < -0.4 is 0 Å². The van der Waals surface area contributed by atoms with Crippen LogP contribution in [0.3, 0.4) is 0 Å². The van der Waals surface area contributed by atoms with Gasteiger partial charge in [0.05, 0.1) is 11.6 Å². The van der Waals surface area contributed by atoms with Gasteiger partial charge in [0.1, 0.15) is 4.60 Å². The van der Waals surface area contributed by atoms with Crippen LogP contribution in [-0.4, -0.2) is 34.1 Å². The largest absolute Gasteiger partial charge is 0.387 e. The molecule has 4 heteroatoms. The highest BCUT2D eigenvalue weighted by molar-refractivity contribution is 9.10. The van der Waals surface area contributed by atoms with Crippen molar-refractivity contribution in [2.45, 2.75) is 25.0 Å². The Bertz CT molecular complexity index is 747. The molecular weight excluding hydrogens is 352 g/mol. The van der Waals surface area contributed by atoms with Crippen LogP contribution in [0.2, 0.25) is 0 Å². The molecule has 3 aliphatic heterocycles. The molecule has 0 aliphatic carbocycles. The normalized spacial score (nSPS) is 31.2. The van der Waals surface area contributed by atoms with Crippen molar-refractivity contribution in [3.8, 4) is 0 Å². The van der Waals surface area contributed by atoms with Gasteiger partial charge in [-0.15, -0.1) is 6.58 Å². The van der Waals surface area contributed by atoms with Gasteiger partial charge >= 0.3 is 0 Å². The molecule has 2 bridgehead atoms. The second kappa shape index (κ2) is 6.00. The van der Waals surface area contributed by atoms with Gasteiger partial charge in [-0.25, -0.2) is 4.98 Å². The Morgan fingerprint density at radius 2 is 2.22 bits per heavy atom. The van der Waals surface area contributed by atoms with Crippen molar-refractivity contribution in [1.82, 2.24) is 9.88 Å². The molecule has 2 aromatic rings. The van der Waals surface area contributed by atoms with Gasteiger partial charge in [-0.1, -0.05) is 24.3 Å². The number of halogens is 1. The van der Waals surface area contributed by atoms with Crippen LogP contribution in [0.4, 0.5) is 0 Å². The molecule has 120 valence electrons. The highest BCUT2D eigenvalue weighted by Crippen LogP contribution is 2.42. The summed E-state index contributed by atoms with van der Waals surface area (Å²) in [6.45, 7) is 6.09. The molecule has 1 aromatic heterocycles. The predicted molar refractivity (Wildman–Crippen MR) is 96.2 cm³/mol. The summed E-state index contributed by atoms with van der Waals surface area (Å²) in [6.07, 6.45) is 3.89. The number of aliphatic hydroxyl groups excluding tert-OH is 1. The topological polar surface area (TPSA) is 36.4 Å². The monoisotopic (exact) mass is 372 g/mol. The van der Waals surface area contributed by atoms with Crippen LogP contribution in [-0.2, 0) is 0 Å². The Labute approximate surface area is 145 Å². The maximum atomic E-state index is 11.1. The lowest BCUT2D eigenvalue weighted by molar-refractivity contribution is -0.0445. The lowest BCUT2D eigenvalue weighted by Crippen LogP contribution is -2.54. The Morgan fingerprint density at radius 1 is 1.39 bits per heavy atom. The molecule has 0 amide bonds. The summed E-state index contributed by atoms with van der Waals surface area (Å²) in [5.74, 6) is 1.24. The molecule has 3 saturated heterocycles. The second-order valence-electron chi connectivity index (χ2n) is 6.74. The van der Waals surface area contributed by atoms with Gasteiger partial charge in [0.15, 0.2) is 0 Å². The van der Waals surface area contributed by atoms with Crippen molar-refractivity contribution in [3.63, 3.8) is 0 Å². The minimum Gasteiger partial charge on any atom is -0.387 e. The molecule has 3 nitrogen and oxygen atoms in total. The zero-order chi connectivity index (χ0) is 16.0. The number of pyridine rings is 1. The standard InChI is InChI=1S/C19H21BrN2O/c1-2-12-11-22-8-7-13(12)9-17(22)19(23)15-10-18(20)21-16-6-4-3-5-14(15)16/h2-6,10,12-13,17,19,23H,1,7-9,11H2/t12-,13+,17+,19-/m1/s1. The van der Waals surface area contributed by atoms with E-state index in [1.54, 1.807) is 0 Å². The van der Waals surface area contributed by atoms with E-state index in [0.717, 1.165) is 40.6 Å². The van der Waals surface area contributed by atoms with E-state index in [1.807, 2.05) is 24.3 Å². The van der Waals surface area contributed by atoms with E-state index in [-0.39, 0.29) is 6.04 Å². The van der Waals surface area contributed by atoms with Crippen LogP contribution in [0, 0.1) is 11.8 Å². The van der Waals surface area contributed by atoms with Gasteiger partial charge < -0.3 is 5.11 Å². The van der Waals surface area contributed by atoms with Crippen molar-refractivity contribution >= 4 is 26.8 Å². The minimum atomic E-state index is -0.479. The first kappa shape index (κ1) is 15.3. The molecule has 3 aliphatic rings. The number of aromatic nitrogens is 1. The number of rotatable bonds is 3. The van der Waals surface area contributed by atoms with Crippen molar-refractivity contribution in [2.75, 3.05) is 13.1 Å². The van der Waals surface area contributed by atoms with Crippen LogP contribution in [0.5, 0.6) is 0 Å². The zero-order valence-corrected chi connectivity index (χ0v) is 14.6. The van der Waals surface area contributed by atoms with Gasteiger partial charge in [-0.2, -0.15) is 0 Å². The fourth-order valence-corrected chi connectivity index (χ4v) is 4.76. The van der Waals surface area contributed by atoms with Crippen molar-refractivity contribution in [3.05, 3.63) is 53.2 Å². The number of para-hydroxylation sites is 1. The summed E-state index contributed by atoms with van der Waals surface area (Å²) in [5.41, 5.74) is 1.91. The maximum absolute atomic E-state index is 11.1. The third-order valence-corrected chi connectivity index (χ3v) is 5.96. The first-order valence-electron chi connectivity index (χ1n) is 8.27. The van der Waals surface area contributed by atoms with E-state index < -0.39 is 6.10 Å². The van der Waals surface area contributed by atoms with Gasteiger partial charge in [-0.3, -0.25) is 4.90 Å². The van der Waals surface area contributed by atoms with Gasteiger partial charge in [-0.05, 0) is 64.8 Å². The molecule has 0 radical (unpaired) electrons. The smallest absolute Gasteiger partial charge is 0.107 e. The van der Waals surface area contributed by atoms with E-state index in [0.29, 0.717) is 11.8 Å². The van der Waals surface area contributed by atoms with Crippen LogP contribution in [0.25, 0.3) is 10.9 Å². The van der Waals surface area contributed by atoms with E-state index in [9.17, 15) is 5.11 Å². The van der Waals surface area contributed by atoms with Crippen LogP contribution in [0.15, 0.2) is 47.6 Å². The molecule has 1 N–H and O–H groups in total. The molecule has 3 fully saturated rings. The summed E-state index contributed by atoms with van der Waals surface area (Å²) in [6, 6.07) is 10.2. The number of benzene rings is 1. The molecule has 4 heterocycles. The number of hydrogen-bond donors (Lipinski definition) is 1. The van der Waals surface area contributed by atoms with Gasteiger partial charge in [0.2, 0.25) is 0 Å². The molecule has 0 spiro atoms. The molecule has 1 unspecified atom stereocenters. The number of aliphatic hydroxyl groups is 1. The fourth-order valence-electron chi connectivity index (χ4n) is 4.33. The molecule has 23 heavy (non-hydrogen) atoms. The molecule has 1 aromatic carbocycles. The third-order valence-electron chi connectivity index (χ3n) is 5.55. The summed E-state index contributed by atoms with van der Waals surface area (Å²) < 4.78 is 0.783. The molecular formula is C19H21BrN2O. The minimum absolute atomic E-state index is 0.197. The summed E-state index contributed by atoms with van der Waals surface area (Å²) in [7, 11) is 0. The van der Waals surface area contributed by atoms with E-state index >= 15 is 0 Å². The van der Waals surface area contributed by atoms with Crippen molar-refractivity contribution in [1.29, 1.82) is 0 Å². The summed E-state index contributed by atoms with van der Waals surface area (Å²) in [4.78, 5) is 6.96. The van der Waals surface area contributed by atoms with Crippen molar-refractivity contribution < 1.29 is 5.11 Å². The Balaban J connectivity index is 1.70. The molecule has 0 saturated carbocycles. The highest BCUT2D eigenvalue weighted by atomic mass is 79.9. The van der Waals surface area contributed by atoms with E-state index in [1.165, 1.54) is 6.42 Å². The number of piperidine rings is 3. The summed E-state index contributed by atoms with van der Waals surface area (Å²) in [5, 5.41) is 12.2. The zero-order valence-electron chi connectivity index (χ0n) is 13.0. The SMILES string of the molecule is C=C[C@@H]1CN2CC[C@H]1C[C@H]2[C@H](O)c1cc(Br)nc2ccccc12. The van der Waals surface area contributed by atoms with Crippen molar-refractivity contribution in [2.24, 2.45) is 11.8 Å². The lowest BCUT2D eigenvalue weighted by atomic mass is 9.73. The van der Waals surface area contributed by atoms with E-state index in [2.05, 4.69) is 44.5 Å². The second-order valence-corrected chi connectivity index (χ2v) is 7.55. The number of fused-ring (bicyclic) bond motifs is 4. The van der Waals surface area contributed by atoms with Gasteiger partial charge in [0, 0.05) is 18.0 Å². The first-order valence-corrected chi connectivity index (χ1v) is 9.06. The van der Waals surface area contributed by atoms with Gasteiger partial charge in [0.25, 0.3) is 0 Å².